The van der Waals surface area contributed by atoms with Crippen molar-refractivity contribution < 1.29 is 14.3 Å². The number of aryl methyl sites for hydroxylation is 2. The number of carbonyl (C=O) groups excluding carboxylic acids is 2. The highest BCUT2D eigenvalue weighted by Gasteiger charge is 2.30. The molecule has 0 aromatic heterocycles. The Labute approximate surface area is 223 Å². The Hall–Kier alpha value is -3.12. The first-order valence-electron chi connectivity index (χ1n) is 12.3. The average Bonchev–Trinajstić information content (AvgIpc) is 2.86. The van der Waals surface area contributed by atoms with Crippen LogP contribution in [0.5, 0.6) is 5.75 Å². The second-order valence-electron chi connectivity index (χ2n) is 9.14. The first-order chi connectivity index (χ1) is 17.3. The molecule has 6 heteroatoms. The number of rotatable bonds is 11. The molecule has 0 aliphatic carbocycles. The van der Waals surface area contributed by atoms with Crippen LogP contribution in [0.2, 0.25) is 0 Å². The number of benzene rings is 3. The van der Waals surface area contributed by atoms with E-state index in [-0.39, 0.29) is 18.4 Å². The lowest BCUT2D eigenvalue weighted by Gasteiger charge is -2.31. The van der Waals surface area contributed by atoms with E-state index in [1.165, 1.54) is 0 Å². The van der Waals surface area contributed by atoms with Gasteiger partial charge in [-0.1, -0.05) is 71.4 Å². The van der Waals surface area contributed by atoms with Crippen LogP contribution in [0.1, 0.15) is 41.2 Å². The van der Waals surface area contributed by atoms with Gasteiger partial charge in [0.1, 0.15) is 11.8 Å². The van der Waals surface area contributed by atoms with E-state index in [0.717, 1.165) is 38.7 Å². The van der Waals surface area contributed by atoms with E-state index in [4.69, 9.17) is 4.74 Å². The van der Waals surface area contributed by atoms with Crippen molar-refractivity contribution in [1.82, 2.24) is 10.2 Å². The highest BCUT2D eigenvalue weighted by atomic mass is 79.9. The Morgan fingerprint density at radius 2 is 1.69 bits per heavy atom. The molecule has 1 N–H and O–H groups in total. The van der Waals surface area contributed by atoms with Gasteiger partial charge >= 0.3 is 0 Å². The molecule has 0 spiro atoms. The second-order valence-corrected chi connectivity index (χ2v) is 10.1. The molecule has 0 aliphatic rings. The third kappa shape index (κ3) is 7.69. The lowest BCUT2D eigenvalue weighted by Crippen LogP contribution is -2.51. The molecule has 0 aliphatic heterocycles. The van der Waals surface area contributed by atoms with E-state index in [1.807, 2.05) is 88.4 Å². The molecule has 0 bridgehead atoms. The average molecular weight is 552 g/mol. The number of nitrogens with one attached hydrogen (secondary N) is 1. The van der Waals surface area contributed by atoms with Gasteiger partial charge in [-0.3, -0.25) is 9.59 Å². The van der Waals surface area contributed by atoms with Gasteiger partial charge in [-0.15, -0.1) is 0 Å². The quantitative estimate of drug-likeness (QED) is 0.322. The molecule has 3 aromatic rings. The van der Waals surface area contributed by atoms with Crippen LogP contribution < -0.4 is 10.1 Å². The predicted molar refractivity (Wildman–Crippen MR) is 148 cm³/mol. The van der Waals surface area contributed by atoms with Crippen molar-refractivity contribution in [1.29, 1.82) is 0 Å². The minimum atomic E-state index is -0.672. The summed E-state index contributed by atoms with van der Waals surface area (Å²) in [6, 6.07) is 21.0. The zero-order valence-corrected chi connectivity index (χ0v) is 23.1. The molecule has 36 heavy (non-hydrogen) atoms. The fourth-order valence-corrected chi connectivity index (χ4v) is 4.57. The predicted octanol–water partition coefficient (Wildman–Crippen LogP) is 5.92. The third-order valence-corrected chi connectivity index (χ3v) is 6.67. The Morgan fingerprint density at radius 1 is 0.972 bits per heavy atom. The van der Waals surface area contributed by atoms with Gasteiger partial charge in [0.2, 0.25) is 5.91 Å². The maximum atomic E-state index is 13.7. The van der Waals surface area contributed by atoms with Crippen molar-refractivity contribution in [2.45, 2.75) is 53.1 Å². The fourth-order valence-electron chi connectivity index (χ4n) is 4.13. The van der Waals surface area contributed by atoms with Crippen molar-refractivity contribution in [3.8, 4) is 5.75 Å². The summed E-state index contributed by atoms with van der Waals surface area (Å²) >= 11 is 3.52. The smallest absolute Gasteiger partial charge is 0.261 e. The number of amides is 2. The van der Waals surface area contributed by atoms with Gasteiger partial charge in [-0.25, -0.2) is 0 Å². The molecule has 3 aromatic carbocycles. The summed E-state index contributed by atoms with van der Waals surface area (Å²) in [6.45, 7) is 8.75. The van der Waals surface area contributed by atoms with Crippen molar-refractivity contribution in [2.24, 2.45) is 0 Å². The molecule has 3 rings (SSSR count). The van der Waals surface area contributed by atoms with Crippen LogP contribution in [0.4, 0.5) is 0 Å². The van der Waals surface area contributed by atoms with Crippen LogP contribution in [0.25, 0.3) is 0 Å². The zero-order valence-electron chi connectivity index (χ0n) is 21.5. The minimum Gasteiger partial charge on any atom is -0.483 e. The summed E-state index contributed by atoms with van der Waals surface area (Å²) in [5.41, 5.74) is 5.12. The minimum absolute atomic E-state index is 0.149. The Bertz CT molecular complexity index is 1180. The largest absolute Gasteiger partial charge is 0.483 e. The lowest BCUT2D eigenvalue weighted by atomic mass is 10.0. The van der Waals surface area contributed by atoms with Gasteiger partial charge in [0.05, 0.1) is 0 Å². The molecule has 0 saturated heterocycles. The maximum Gasteiger partial charge on any atom is 0.261 e. The third-order valence-electron chi connectivity index (χ3n) is 6.18. The summed E-state index contributed by atoms with van der Waals surface area (Å²) in [7, 11) is 0. The van der Waals surface area contributed by atoms with Crippen molar-refractivity contribution in [3.63, 3.8) is 0 Å². The standard InChI is InChI=1S/C30H35BrN2O3/c1-5-14-32-30(35)27(18-24-10-7-6-8-11-24)33(19-25-12-9-13-26(31)17-25)29(34)20-36-28-16-21(2)15-22(3)23(28)4/h6-13,15-17,27H,5,14,18-20H2,1-4H3,(H,32,35)/t27-/m1/s1. The lowest BCUT2D eigenvalue weighted by molar-refractivity contribution is -0.142. The highest BCUT2D eigenvalue weighted by molar-refractivity contribution is 9.10. The first kappa shape index (κ1) is 27.5. The number of nitrogens with zero attached hydrogens (tertiary/aromatic N) is 1. The second kappa shape index (κ2) is 13.3. The summed E-state index contributed by atoms with van der Waals surface area (Å²) in [6.07, 6.45) is 1.23. The van der Waals surface area contributed by atoms with Crippen LogP contribution in [0.15, 0.2) is 71.2 Å². The van der Waals surface area contributed by atoms with E-state index in [9.17, 15) is 9.59 Å². The normalized spacial score (nSPS) is 11.6. The Kier molecular flexibility index (Phi) is 10.1. The summed E-state index contributed by atoms with van der Waals surface area (Å²) in [5, 5.41) is 3.00. The Morgan fingerprint density at radius 3 is 2.39 bits per heavy atom. The summed E-state index contributed by atoms with van der Waals surface area (Å²) < 4.78 is 6.95. The molecule has 0 heterocycles. The van der Waals surface area contributed by atoms with Gasteiger partial charge in [-0.05, 0) is 73.2 Å². The molecule has 190 valence electrons. The highest BCUT2D eigenvalue weighted by Crippen LogP contribution is 2.24. The molecular formula is C30H35BrN2O3. The van der Waals surface area contributed by atoms with Crippen LogP contribution in [0.3, 0.4) is 0 Å². The number of halogens is 1. The molecule has 1 atom stereocenters. The van der Waals surface area contributed by atoms with E-state index in [2.05, 4.69) is 27.3 Å². The van der Waals surface area contributed by atoms with Gasteiger partial charge < -0.3 is 15.0 Å². The summed E-state index contributed by atoms with van der Waals surface area (Å²) in [5.74, 6) is 0.297. The number of hydrogen-bond acceptors (Lipinski definition) is 3. The van der Waals surface area contributed by atoms with Gasteiger partial charge in [0.15, 0.2) is 6.61 Å². The first-order valence-corrected chi connectivity index (χ1v) is 13.1. The van der Waals surface area contributed by atoms with Crippen LogP contribution in [0, 0.1) is 20.8 Å². The molecule has 0 unspecified atom stereocenters. The number of ether oxygens (including phenoxy) is 1. The number of carbonyl (C=O) groups is 2. The molecule has 5 nitrogen and oxygen atoms in total. The van der Waals surface area contributed by atoms with Gasteiger partial charge in [0, 0.05) is 24.0 Å². The van der Waals surface area contributed by atoms with Crippen molar-refractivity contribution in [3.05, 3.63) is 99.0 Å². The van der Waals surface area contributed by atoms with E-state index >= 15 is 0 Å². The van der Waals surface area contributed by atoms with E-state index in [1.54, 1.807) is 4.90 Å². The molecule has 0 saturated carbocycles. The monoisotopic (exact) mass is 550 g/mol. The molecular weight excluding hydrogens is 516 g/mol. The van der Waals surface area contributed by atoms with Gasteiger partial charge in [0.25, 0.3) is 5.91 Å². The zero-order chi connectivity index (χ0) is 26.1. The summed E-state index contributed by atoms with van der Waals surface area (Å²) in [4.78, 5) is 28.7. The van der Waals surface area contributed by atoms with E-state index in [0.29, 0.717) is 25.3 Å². The van der Waals surface area contributed by atoms with E-state index < -0.39 is 6.04 Å². The molecule has 0 fully saturated rings. The molecule has 2 amide bonds. The van der Waals surface area contributed by atoms with Crippen LogP contribution in [-0.2, 0) is 22.6 Å². The molecule has 0 radical (unpaired) electrons. The number of hydrogen-bond donors (Lipinski definition) is 1. The van der Waals surface area contributed by atoms with Crippen LogP contribution >= 0.6 is 15.9 Å². The van der Waals surface area contributed by atoms with Crippen LogP contribution in [-0.4, -0.2) is 35.9 Å². The topological polar surface area (TPSA) is 58.6 Å². The maximum absolute atomic E-state index is 13.7. The van der Waals surface area contributed by atoms with Crippen molar-refractivity contribution >= 4 is 27.7 Å². The van der Waals surface area contributed by atoms with Crippen molar-refractivity contribution in [2.75, 3.05) is 13.2 Å². The van der Waals surface area contributed by atoms with Gasteiger partial charge in [-0.2, -0.15) is 0 Å². The Balaban J connectivity index is 1.92. The SMILES string of the molecule is CCCNC(=O)[C@@H](Cc1ccccc1)N(Cc1cccc(Br)c1)C(=O)COc1cc(C)cc(C)c1C. The fraction of sp³-hybridized carbons (Fsp3) is 0.333.